The van der Waals surface area contributed by atoms with Crippen molar-refractivity contribution in [3.05, 3.63) is 93.5 Å². The SMILES string of the molecule is CCCCc1ncc(/C=C(\Cc2ccccc2)C(=O)O)n1Cc1ccc(C(=O)O)c(Cl)c1. The monoisotopic (exact) mass is 452 g/mol. The lowest BCUT2D eigenvalue weighted by Gasteiger charge is -2.12. The fourth-order valence-corrected chi connectivity index (χ4v) is 3.74. The minimum absolute atomic E-state index is 0.0448. The van der Waals surface area contributed by atoms with Crippen LogP contribution in [-0.4, -0.2) is 31.7 Å². The molecule has 0 saturated heterocycles. The molecule has 2 aromatic carbocycles. The number of carbonyl (C=O) groups is 2. The molecule has 1 aromatic heterocycles. The highest BCUT2D eigenvalue weighted by molar-refractivity contribution is 6.33. The van der Waals surface area contributed by atoms with Gasteiger partial charge in [-0.3, -0.25) is 0 Å². The summed E-state index contributed by atoms with van der Waals surface area (Å²) in [6.07, 6.45) is 6.36. The van der Waals surface area contributed by atoms with E-state index in [4.69, 9.17) is 11.6 Å². The molecule has 0 unspecified atom stereocenters. The number of imidazole rings is 1. The van der Waals surface area contributed by atoms with Gasteiger partial charge in [-0.2, -0.15) is 0 Å². The zero-order chi connectivity index (χ0) is 23.1. The van der Waals surface area contributed by atoms with Crippen LogP contribution in [-0.2, 0) is 24.2 Å². The number of hydrogen-bond acceptors (Lipinski definition) is 3. The molecule has 2 N–H and O–H groups in total. The lowest BCUT2D eigenvalue weighted by Crippen LogP contribution is -2.10. The summed E-state index contributed by atoms with van der Waals surface area (Å²) in [6.45, 7) is 2.50. The summed E-state index contributed by atoms with van der Waals surface area (Å²) in [6, 6.07) is 14.3. The van der Waals surface area contributed by atoms with E-state index < -0.39 is 11.9 Å². The quantitative estimate of drug-likeness (QED) is 0.405. The molecule has 7 heteroatoms. The first-order valence-electron chi connectivity index (χ1n) is 10.4. The number of unbranched alkanes of at least 4 members (excludes halogenated alkanes) is 1. The van der Waals surface area contributed by atoms with Gasteiger partial charge in [0.05, 0.1) is 22.5 Å². The van der Waals surface area contributed by atoms with Crippen molar-refractivity contribution < 1.29 is 19.8 Å². The number of aryl methyl sites for hydroxylation is 1. The molecule has 6 nitrogen and oxygen atoms in total. The summed E-state index contributed by atoms with van der Waals surface area (Å²) in [4.78, 5) is 27.7. The fourth-order valence-electron chi connectivity index (χ4n) is 3.46. The lowest BCUT2D eigenvalue weighted by molar-refractivity contribution is -0.132. The number of rotatable bonds is 10. The number of aromatic carboxylic acids is 1. The second-order valence-corrected chi connectivity index (χ2v) is 7.95. The van der Waals surface area contributed by atoms with Crippen LogP contribution in [0.5, 0.6) is 0 Å². The predicted molar refractivity (Wildman–Crippen MR) is 124 cm³/mol. The number of carboxylic acids is 2. The molecular formula is C25H25ClN2O4. The largest absolute Gasteiger partial charge is 0.478 e. The Bertz CT molecular complexity index is 1140. The Hall–Kier alpha value is -3.38. The van der Waals surface area contributed by atoms with Crippen LogP contribution in [0.2, 0.25) is 5.02 Å². The van der Waals surface area contributed by atoms with Crippen LogP contribution in [0.4, 0.5) is 0 Å². The van der Waals surface area contributed by atoms with Crippen molar-refractivity contribution >= 4 is 29.6 Å². The third-order valence-corrected chi connectivity index (χ3v) is 5.47. The highest BCUT2D eigenvalue weighted by atomic mass is 35.5. The molecule has 0 radical (unpaired) electrons. The first-order valence-corrected chi connectivity index (χ1v) is 10.8. The standard InChI is InChI=1S/C25H25ClN2O4/c1-2-3-9-23-27-15-20(14-19(24(29)30)12-17-7-5-4-6-8-17)28(23)16-18-10-11-21(25(31)32)22(26)13-18/h4-8,10-11,13-15H,2-3,9,12,16H2,1H3,(H,29,30)(H,31,32)/b19-14+. The molecule has 0 amide bonds. The van der Waals surface area contributed by atoms with Crippen molar-refractivity contribution in [2.75, 3.05) is 0 Å². The van der Waals surface area contributed by atoms with Gasteiger partial charge in [0, 0.05) is 25.0 Å². The second-order valence-electron chi connectivity index (χ2n) is 7.55. The van der Waals surface area contributed by atoms with Crippen LogP contribution in [0.15, 0.2) is 60.3 Å². The Kier molecular flexibility index (Phi) is 7.84. The smallest absolute Gasteiger partial charge is 0.337 e. The minimum atomic E-state index is -1.08. The Morgan fingerprint density at radius 2 is 1.84 bits per heavy atom. The molecular weight excluding hydrogens is 428 g/mol. The molecule has 0 aliphatic carbocycles. The van der Waals surface area contributed by atoms with Gasteiger partial charge in [-0.25, -0.2) is 14.6 Å². The number of halogens is 1. The van der Waals surface area contributed by atoms with E-state index in [0.29, 0.717) is 18.7 Å². The van der Waals surface area contributed by atoms with E-state index in [0.717, 1.165) is 36.2 Å². The van der Waals surface area contributed by atoms with Gasteiger partial charge >= 0.3 is 11.9 Å². The molecule has 1 heterocycles. The second kappa shape index (κ2) is 10.8. The minimum Gasteiger partial charge on any atom is -0.478 e. The molecule has 32 heavy (non-hydrogen) atoms. The maximum absolute atomic E-state index is 11.9. The van der Waals surface area contributed by atoms with E-state index >= 15 is 0 Å². The van der Waals surface area contributed by atoms with Crippen molar-refractivity contribution in [1.82, 2.24) is 9.55 Å². The first kappa shape index (κ1) is 23.3. The van der Waals surface area contributed by atoms with E-state index in [1.807, 2.05) is 34.9 Å². The number of nitrogens with zero attached hydrogens (tertiary/aromatic N) is 2. The van der Waals surface area contributed by atoms with Gasteiger partial charge in [-0.1, -0.05) is 61.3 Å². The molecule has 166 valence electrons. The number of aliphatic carboxylic acids is 1. The Labute approximate surface area is 191 Å². The Balaban J connectivity index is 1.98. The Morgan fingerprint density at radius 3 is 2.47 bits per heavy atom. The van der Waals surface area contributed by atoms with Crippen molar-refractivity contribution in [1.29, 1.82) is 0 Å². The van der Waals surface area contributed by atoms with Crippen LogP contribution in [0.1, 0.15) is 52.8 Å². The van der Waals surface area contributed by atoms with Gasteiger partial charge in [0.15, 0.2) is 0 Å². The topological polar surface area (TPSA) is 92.4 Å². The third-order valence-electron chi connectivity index (χ3n) is 5.16. The van der Waals surface area contributed by atoms with Crippen molar-refractivity contribution in [3.8, 4) is 0 Å². The van der Waals surface area contributed by atoms with Crippen molar-refractivity contribution in [3.63, 3.8) is 0 Å². The number of hydrogen-bond donors (Lipinski definition) is 2. The van der Waals surface area contributed by atoms with Crippen LogP contribution < -0.4 is 0 Å². The normalized spacial score (nSPS) is 11.5. The molecule has 0 atom stereocenters. The van der Waals surface area contributed by atoms with Gasteiger partial charge < -0.3 is 14.8 Å². The van der Waals surface area contributed by atoms with E-state index in [9.17, 15) is 19.8 Å². The maximum Gasteiger partial charge on any atom is 0.337 e. The van der Waals surface area contributed by atoms with Crippen LogP contribution in [0.3, 0.4) is 0 Å². The van der Waals surface area contributed by atoms with Gasteiger partial charge in [0.25, 0.3) is 0 Å². The van der Waals surface area contributed by atoms with Crippen LogP contribution in [0, 0.1) is 0 Å². The van der Waals surface area contributed by atoms with Gasteiger partial charge in [0.1, 0.15) is 5.82 Å². The molecule has 0 saturated carbocycles. The van der Waals surface area contributed by atoms with Gasteiger partial charge in [-0.05, 0) is 35.8 Å². The number of benzene rings is 2. The highest BCUT2D eigenvalue weighted by Crippen LogP contribution is 2.22. The molecule has 0 bridgehead atoms. The van der Waals surface area contributed by atoms with E-state index in [1.165, 1.54) is 6.07 Å². The molecule has 0 fully saturated rings. The number of aromatic nitrogens is 2. The zero-order valence-corrected chi connectivity index (χ0v) is 18.5. The van der Waals surface area contributed by atoms with Crippen LogP contribution in [0.25, 0.3) is 6.08 Å². The predicted octanol–water partition coefficient (Wildman–Crippen LogP) is 5.34. The number of carboxylic acid groups (broad SMARTS) is 2. The summed E-state index contributed by atoms with van der Waals surface area (Å²) in [5, 5.41) is 19.1. The van der Waals surface area contributed by atoms with Gasteiger partial charge in [-0.15, -0.1) is 0 Å². The third kappa shape index (κ3) is 5.86. The zero-order valence-electron chi connectivity index (χ0n) is 17.8. The molecule has 0 aliphatic heterocycles. The average molecular weight is 453 g/mol. The molecule has 0 spiro atoms. The summed E-state index contributed by atoms with van der Waals surface area (Å²) in [5.41, 5.74) is 2.71. The Morgan fingerprint density at radius 1 is 1.09 bits per heavy atom. The maximum atomic E-state index is 11.9. The molecule has 3 aromatic rings. The van der Waals surface area contributed by atoms with E-state index in [-0.39, 0.29) is 16.2 Å². The van der Waals surface area contributed by atoms with E-state index in [2.05, 4.69) is 11.9 Å². The summed E-state index contributed by atoms with van der Waals surface area (Å²) in [7, 11) is 0. The molecule has 0 aliphatic rings. The first-order chi connectivity index (χ1) is 15.4. The fraction of sp³-hybridized carbons (Fsp3) is 0.240. The summed E-state index contributed by atoms with van der Waals surface area (Å²) < 4.78 is 1.97. The summed E-state index contributed by atoms with van der Waals surface area (Å²) in [5.74, 6) is -1.21. The van der Waals surface area contributed by atoms with E-state index in [1.54, 1.807) is 24.4 Å². The van der Waals surface area contributed by atoms with Gasteiger partial charge in [0.2, 0.25) is 0 Å². The average Bonchev–Trinajstić information content (AvgIpc) is 3.13. The lowest BCUT2D eigenvalue weighted by atomic mass is 10.0. The highest BCUT2D eigenvalue weighted by Gasteiger charge is 2.15. The van der Waals surface area contributed by atoms with Crippen LogP contribution >= 0.6 is 11.6 Å². The van der Waals surface area contributed by atoms with Crippen molar-refractivity contribution in [2.24, 2.45) is 0 Å². The van der Waals surface area contributed by atoms with Crippen molar-refractivity contribution in [2.45, 2.75) is 39.2 Å². The molecule has 3 rings (SSSR count). The summed E-state index contributed by atoms with van der Waals surface area (Å²) >= 11 is 6.15.